The predicted molar refractivity (Wildman–Crippen MR) is 94.8 cm³/mol. The van der Waals surface area contributed by atoms with E-state index >= 15 is 0 Å². The van der Waals surface area contributed by atoms with Crippen molar-refractivity contribution in [2.75, 3.05) is 13.7 Å². The van der Waals surface area contributed by atoms with Crippen molar-refractivity contribution in [1.82, 2.24) is 9.88 Å². The normalized spacial score (nSPS) is 15.0. The summed E-state index contributed by atoms with van der Waals surface area (Å²) in [5.74, 6) is -0.610. The summed E-state index contributed by atoms with van der Waals surface area (Å²) in [5.41, 5.74) is 2.01. The van der Waals surface area contributed by atoms with Gasteiger partial charge in [-0.15, -0.1) is 0 Å². The zero-order chi connectivity index (χ0) is 18.6. The standard InChI is InChI=1S/C19H28N2O4/c1-5-16(23)21(14-9-7-6-8-10-14)11-15(22)17-12(2)18(19(24)25-4)20-13(17)3/h14,20H,5-11H2,1-4H3. The van der Waals surface area contributed by atoms with Gasteiger partial charge in [-0.2, -0.15) is 0 Å². The van der Waals surface area contributed by atoms with Gasteiger partial charge >= 0.3 is 5.97 Å². The maximum atomic E-state index is 12.9. The number of nitrogens with zero attached hydrogens (tertiary/aromatic N) is 1. The van der Waals surface area contributed by atoms with Crippen molar-refractivity contribution >= 4 is 17.7 Å². The molecular formula is C19H28N2O4. The largest absolute Gasteiger partial charge is 0.464 e. The van der Waals surface area contributed by atoms with Crippen LogP contribution in [0, 0.1) is 13.8 Å². The van der Waals surface area contributed by atoms with E-state index < -0.39 is 5.97 Å². The third-order valence-corrected chi connectivity index (χ3v) is 5.06. The number of aromatic nitrogens is 1. The first-order valence-corrected chi connectivity index (χ1v) is 9.00. The molecule has 2 rings (SSSR count). The van der Waals surface area contributed by atoms with E-state index in [1.807, 2.05) is 6.92 Å². The zero-order valence-corrected chi connectivity index (χ0v) is 15.6. The van der Waals surface area contributed by atoms with E-state index in [0.717, 1.165) is 25.7 Å². The molecule has 6 heteroatoms. The molecule has 1 fully saturated rings. The Hall–Kier alpha value is -2.11. The Morgan fingerprint density at radius 3 is 2.36 bits per heavy atom. The number of hydrogen-bond donors (Lipinski definition) is 1. The molecule has 0 atom stereocenters. The lowest BCUT2D eigenvalue weighted by atomic mass is 9.93. The number of nitrogens with one attached hydrogen (secondary N) is 1. The van der Waals surface area contributed by atoms with E-state index in [1.165, 1.54) is 13.5 Å². The summed E-state index contributed by atoms with van der Waals surface area (Å²) in [6.45, 7) is 5.39. The predicted octanol–water partition coefficient (Wildman–Crippen LogP) is 3.17. The van der Waals surface area contributed by atoms with Crippen LogP contribution < -0.4 is 0 Å². The first-order valence-electron chi connectivity index (χ1n) is 9.00. The van der Waals surface area contributed by atoms with Gasteiger partial charge in [0.15, 0.2) is 5.78 Å². The van der Waals surface area contributed by atoms with Crippen LogP contribution in [0.25, 0.3) is 0 Å². The van der Waals surface area contributed by atoms with Crippen LogP contribution in [0.3, 0.4) is 0 Å². The number of rotatable bonds is 6. The monoisotopic (exact) mass is 348 g/mol. The Kier molecular flexibility index (Phi) is 6.39. The van der Waals surface area contributed by atoms with Crippen molar-refractivity contribution in [2.45, 2.75) is 65.3 Å². The number of amides is 1. The number of carbonyl (C=O) groups is 3. The Balaban J connectivity index is 2.25. The third kappa shape index (κ3) is 4.11. The Morgan fingerprint density at radius 2 is 1.80 bits per heavy atom. The number of Topliss-reactive ketones (excluding diaryl/α,β-unsaturated/α-hetero) is 1. The van der Waals surface area contributed by atoms with Crippen LogP contribution in [0.2, 0.25) is 0 Å². The van der Waals surface area contributed by atoms with Crippen molar-refractivity contribution in [3.05, 3.63) is 22.5 Å². The summed E-state index contributed by atoms with van der Waals surface area (Å²) < 4.78 is 4.75. The van der Waals surface area contributed by atoms with Crippen LogP contribution in [0.15, 0.2) is 0 Å². The molecule has 0 spiro atoms. The molecule has 25 heavy (non-hydrogen) atoms. The molecule has 1 saturated carbocycles. The van der Waals surface area contributed by atoms with Gasteiger partial charge in [0, 0.05) is 23.7 Å². The minimum Gasteiger partial charge on any atom is -0.464 e. The second kappa shape index (κ2) is 8.32. The van der Waals surface area contributed by atoms with Crippen molar-refractivity contribution in [3.8, 4) is 0 Å². The summed E-state index contributed by atoms with van der Waals surface area (Å²) in [5, 5.41) is 0. The van der Waals surface area contributed by atoms with Gasteiger partial charge in [-0.25, -0.2) is 4.79 Å². The number of esters is 1. The lowest BCUT2D eigenvalue weighted by Crippen LogP contribution is -2.44. The molecule has 1 amide bonds. The minimum atomic E-state index is -0.492. The number of hydrogen-bond acceptors (Lipinski definition) is 4. The van der Waals surface area contributed by atoms with Gasteiger partial charge in [0.1, 0.15) is 5.69 Å². The van der Waals surface area contributed by atoms with E-state index in [1.54, 1.807) is 18.7 Å². The number of methoxy groups -OCH3 is 1. The molecule has 0 aromatic carbocycles. The smallest absolute Gasteiger partial charge is 0.354 e. The summed E-state index contributed by atoms with van der Waals surface area (Å²) in [6.07, 6.45) is 5.69. The molecule has 1 aliphatic rings. The summed E-state index contributed by atoms with van der Waals surface area (Å²) >= 11 is 0. The quantitative estimate of drug-likeness (QED) is 0.632. The molecule has 1 aliphatic carbocycles. The fraction of sp³-hybridized carbons (Fsp3) is 0.632. The highest BCUT2D eigenvalue weighted by Gasteiger charge is 2.29. The Labute approximate surface area is 148 Å². The van der Waals surface area contributed by atoms with E-state index in [4.69, 9.17) is 4.74 Å². The number of H-pyrrole nitrogens is 1. The SMILES string of the molecule is CCC(=O)N(CC(=O)c1c(C)[nH]c(C(=O)OC)c1C)C1CCCCC1. The second-order valence-corrected chi connectivity index (χ2v) is 6.71. The van der Waals surface area contributed by atoms with Crippen molar-refractivity contribution in [3.63, 3.8) is 0 Å². The highest BCUT2D eigenvalue weighted by molar-refractivity contribution is 6.04. The van der Waals surface area contributed by atoms with Crippen molar-refractivity contribution in [2.24, 2.45) is 0 Å². The molecule has 0 unspecified atom stereocenters. The lowest BCUT2D eigenvalue weighted by Gasteiger charge is -2.34. The summed E-state index contributed by atoms with van der Waals surface area (Å²) in [6, 6.07) is 0.143. The average Bonchev–Trinajstić information content (AvgIpc) is 2.93. The molecular weight excluding hydrogens is 320 g/mol. The van der Waals surface area contributed by atoms with Gasteiger partial charge in [-0.1, -0.05) is 26.2 Å². The summed E-state index contributed by atoms with van der Waals surface area (Å²) in [7, 11) is 1.31. The number of carbonyl (C=O) groups excluding carboxylic acids is 3. The molecule has 1 N–H and O–H groups in total. The number of aryl methyl sites for hydroxylation is 1. The summed E-state index contributed by atoms with van der Waals surface area (Å²) in [4.78, 5) is 41.8. The van der Waals surface area contributed by atoms with E-state index in [-0.39, 0.29) is 24.3 Å². The highest BCUT2D eigenvalue weighted by atomic mass is 16.5. The fourth-order valence-corrected chi connectivity index (χ4v) is 3.72. The minimum absolute atomic E-state index is 0.0132. The zero-order valence-electron chi connectivity index (χ0n) is 15.6. The van der Waals surface area contributed by atoms with Gasteiger partial charge in [0.05, 0.1) is 13.7 Å². The van der Waals surface area contributed by atoms with Gasteiger partial charge in [-0.05, 0) is 32.3 Å². The van der Waals surface area contributed by atoms with Crippen LogP contribution in [0.1, 0.15) is 77.6 Å². The van der Waals surface area contributed by atoms with Gasteiger partial charge in [-0.3, -0.25) is 9.59 Å². The first kappa shape index (κ1) is 19.2. The molecule has 6 nitrogen and oxygen atoms in total. The number of ketones is 1. The Morgan fingerprint density at radius 1 is 1.16 bits per heavy atom. The molecule has 1 heterocycles. The van der Waals surface area contributed by atoms with Crippen LogP contribution in [0.4, 0.5) is 0 Å². The van der Waals surface area contributed by atoms with E-state index in [9.17, 15) is 14.4 Å². The van der Waals surface area contributed by atoms with Gasteiger partial charge < -0.3 is 14.6 Å². The van der Waals surface area contributed by atoms with Crippen LogP contribution in [0.5, 0.6) is 0 Å². The number of aromatic amines is 1. The lowest BCUT2D eigenvalue weighted by molar-refractivity contribution is -0.133. The van der Waals surface area contributed by atoms with Crippen LogP contribution in [-0.2, 0) is 9.53 Å². The molecule has 0 radical (unpaired) electrons. The molecule has 138 valence electrons. The first-order chi connectivity index (χ1) is 11.9. The molecule has 0 bridgehead atoms. The van der Waals surface area contributed by atoms with E-state index in [2.05, 4.69) is 4.98 Å². The van der Waals surface area contributed by atoms with Crippen molar-refractivity contribution < 1.29 is 19.1 Å². The molecule has 1 aromatic rings. The molecule has 0 saturated heterocycles. The maximum absolute atomic E-state index is 12.9. The third-order valence-electron chi connectivity index (χ3n) is 5.06. The second-order valence-electron chi connectivity index (χ2n) is 6.71. The van der Waals surface area contributed by atoms with Gasteiger partial charge in [0.25, 0.3) is 0 Å². The topological polar surface area (TPSA) is 79.5 Å². The van der Waals surface area contributed by atoms with Gasteiger partial charge in [0.2, 0.25) is 5.91 Å². The van der Waals surface area contributed by atoms with Crippen LogP contribution in [-0.4, -0.2) is 47.2 Å². The number of ether oxygens (including phenoxy) is 1. The van der Waals surface area contributed by atoms with Crippen molar-refractivity contribution in [1.29, 1.82) is 0 Å². The fourth-order valence-electron chi connectivity index (χ4n) is 3.72. The van der Waals surface area contributed by atoms with E-state index in [0.29, 0.717) is 28.9 Å². The molecule has 0 aliphatic heterocycles. The highest BCUT2D eigenvalue weighted by Crippen LogP contribution is 2.25. The average molecular weight is 348 g/mol. The maximum Gasteiger partial charge on any atom is 0.354 e. The molecule has 1 aromatic heterocycles. The Bertz CT molecular complexity index is 657. The van der Waals surface area contributed by atoms with Crippen LogP contribution >= 0.6 is 0 Å².